The first-order chi connectivity index (χ1) is 7.54. The third kappa shape index (κ3) is 16.6. The summed E-state index contributed by atoms with van der Waals surface area (Å²) < 4.78 is 5.99. The van der Waals surface area contributed by atoms with E-state index in [9.17, 15) is 0 Å². The molecule has 0 spiro atoms. The summed E-state index contributed by atoms with van der Waals surface area (Å²) in [5, 5.41) is 0. The van der Waals surface area contributed by atoms with Gasteiger partial charge in [0.15, 0.2) is 9.76 Å². The van der Waals surface area contributed by atoms with Gasteiger partial charge in [-0.05, 0) is 37.5 Å². The molecule has 0 radical (unpaired) electrons. The van der Waals surface area contributed by atoms with Crippen LogP contribution in [-0.2, 0) is 4.43 Å². The summed E-state index contributed by atoms with van der Waals surface area (Å²) >= 11 is 0. The van der Waals surface area contributed by atoms with Crippen molar-refractivity contribution in [3.63, 3.8) is 0 Å². The van der Waals surface area contributed by atoms with E-state index in [0.717, 1.165) is 0 Å². The van der Waals surface area contributed by atoms with E-state index in [4.69, 9.17) is 4.43 Å². The predicted octanol–water partition coefficient (Wildman–Crippen LogP) is 5.93. The number of hydrogen-bond donors (Lipinski definition) is 0. The molecular weight excluding hydrogens is 288 g/mol. The van der Waals surface area contributed by atoms with Crippen LogP contribution in [0.25, 0.3) is 0 Å². The highest BCUT2D eigenvalue weighted by Crippen LogP contribution is 2.41. The molecule has 1 nitrogen and oxygen atoms in total. The van der Waals surface area contributed by atoms with Gasteiger partial charge in [-0.2, -0.15) is 0 Å². The molecule has 0 N–H and O–H groups in total. The first kappa shape index (κ1) is 33.1. The molecule has 0 heterocycles. The SMILES string of the molecule is C.C.C.C.C[SiH2]CC(C)(C)CC(C)(C)CC(C)(C)O[SiH2]C. The van der Waals surface area contributed by atoms with Crippen molar-refractivity contribution in [2.75, 3.05) is 0 Å². The molecule has 0 amide bonds. The molecule has 0 fully saturated rings. The van der Waals surface area contributed by atoms with Gasteiger partial charge in [-0.25, -0.2) is 0 Å². The van der Waals surface area contributed by atoms with Crippen LogP contribution in [-0.4, -0.2) is 24.9 Å². The maximum atomic E-state index is 5.99. The van der Waals surface area contributed by atoms with E-state index in [0.29, 0.717) is 10.8 Å². The van der Waals surface area contributed by atoms with Crippen molar-refractivity contribution >= 4 is 19.3 Å². The van der Waals surface area contributed by atoms with Crippen molar-refractivity contribution in [3.8, 4) is 0 Å². The molecule has 0 bridgehead atoms. The quantitative estimate of drug-likeness (QED) is 0.499. The fourth-order valence-corrected chi connectivity index (χ4v) is 6.13. The standard InChI is InChI=1S/C14H34OSi2.4CH4/c1-12(2,9-13(3,4)11-16-7)10-14(5,6)15-17-8;;;;/h9-11,16-17H2,1-8H3;4*1H4. The van der Waals surface area contributed by atoms with Gasteiger partial charge in [0.1, 0.15) is 0 Å². The van der Waals surface area contributed by atoms with E-state index in [1.54, 1.807) is 0 Å². The highest BCUT2D eigenvalue weighted by molar-refractivity contribution is 6.33. The van der Waals surface area contributed by atoms with Gasteiger partial charge in [-0.3, -0.25) is 0 Å². The first-order valence-corrected chi connectivity index (χ1v) is 11.6. The summed E-state index contributed by atoms with van der Waals surface area (Å²) in [7, 11) is -0.139. The Morgan fingerprint density at radius 1 is 0.714 bits per heavy atom. The monoisotopic (exact) mass is 338 g/mol. The lowest BCUT2D eigenvalue weighted by molar-refractivity contribution is 0.0442. The molecule has 0 aliphatic rings. The Morgan fingerprint density at radius 3 is 1.48 bits per heavy atom. The lowest BCUT2D eigenvalue weighted by Gasteiger charge is -2.40. The second-order valence-electron chi connectivity index (χ2n) is 7.62. The van der Waals surface area contributed by atoms with Gasteiger partial charge in [0.05, 0.1) is 5.60 Å². The smallest absolute Gasteiger partial charge is 0.159 e. The molecule has 0 aliphatic carbocycles. The second kappa shape index (κ2) is 12.9. The zero-order valence-corrected chi connectivity index (χ0v) is 16.3. The third-order valence-electron chi connectivity index (χ3n) is 3.32. The van der Waals surface area contributed by atoms with Gasteiger partial charge in [0, 0.05) is 9.52 Å². The summed E-state index contributed by atoms with van der Waals surface area (Å²) in [6, 6.07) is 1.46. The zero-order valence-electron chi connectivity index (χ0n) is 13.4. The largest absolute Gasteiger partial charge is 0.419 e. The molecule has 21 heavy (non-hydrogen) atoms. The fourth-order valence-electron chi connectivity index (χ4n) is 3.72. The molecule has 0 rings (SSSR count). The van der Waals surface area contributed by atoms with Gasteiger partial charge in [-0.1, -0.05) is 76.5 Å². The van der Waals surface area contributed by atoms with Crippen LogP contribution < -0.4 is 0 Å². The van der Waals surface area contributed by atoms with Crippen molar-refractivity contribution in [2.24, 2.45) is 10.8 Å². The minimum atomic E-state index is -0.304. The summed E-state index contributed by atoms with van der Waals surface area (Å²) in [6.45, 7) is 18.9. The van der Waals surface area contributed by atoms with Gasteiger partial charge >= 0.3 is 0 Å². The Kier molecular flexibility index (Phi) is 20.3. The first-order valence-electron chi connectivity index (χ1n) is 7.17. The van der Waals surface area contributed by atoms with Crippen molar-refractivity contribution in [1.82, 2.24) is 0 Å². The molecule has 0 saturated carbocycles. The molecular formula is C18H50OSi2. The topological polar surface area (TPSA) is 9.23 Å². The van der Waals surface area contributed by atoms with Gasteiger partial charge in [0.25, 0.3) is 0 Å². The normalized spacial score (nSPS) is 12.6. The average molecular weight is 339 g/mol. The van der Waals surface area contributed by atoms with Gasteiger partial charge < -0.3 is 4.43 Å². The maximum Gasteiger partial charge on any atom is 0.159 e. The minimum Gasteiger partial charge on any atom is -0.419 e. The summed E-state index contributed by atoms with van der Waals surface area (Å²) in [4.78, 5) is 0. The summed E-state index contributed by atoms with van der Waals surface area (Å²) in [5.74, 6) is 0. The van der Waals surface area contributed by atoms with Crippen molar-refractivity contribution in [1.29, 1.82) is 0 Å². The lowest BCUT2D eigenvalue weighted by Crippen LogP contribution is -2.35. The van der Waals surface area contributed by atoms with Crippen LogP contribution in [0, 0.1) is 10.8 Å². The zero-order chi connectivity index (χ0) is 13.7. The molecule has 3 heteroatoms. The molecule has 0 unspecified atom stereocenters. The molecule has 0 atom stereocenters. The van der Waals surface area contributed by atoms with Crippen molar-refractivity contribution in [3.05, 3.63) is 0 Å². The fraction of sp³-hybridized carbons (Fsp3) is 1.00. The van der Waals surface area contributed by atoms with Crippen LogP contribution in [0.1, 0.15) is 84.1 Å². The highest BCUT2D eigenvalue weighted by atomic mass is 28.2. The number of rotatable bonds is 8. The Bertz CT molecular complexity index is 201. The van der Waals surface area contributed by atoms with Crippen LogP contribution in [0.2, 0.25) is 19.1 Å². The van der Waals surface area contributed by atoms with E-state index in [1.165, 1.54) is 18.9 Å². The Hall–Kier alpha value is 0.394. The van der Waals surface area contributed by atoms with Crippen molar-refractivity contribution < 1.29 is 4.43 Å². The molecule has 0 aromatic rings. The van der Waals surface area contributed by atoms with E-state index in [-0.39, 0.29) is 54.6 Å². The molecule has 0 aromatic carbocycles. The maximum absolute atomic E-state index is 5.99. The minimum absolute atomic E-state index is 0. The van der Waals surface area contributed by atoms with Gasteiger partial charge in [-0.15, -0.1) is 0 Å². The lowest BCUT2D eigenvalue weighted by atomic mass is 9.71. The van der Waals surface area contributed by atoms with Crippen LogP contribution in [0.15, 0.2) is 0 Å². The summed E-state index contributed by atoms with van der Waals surface area (Å²) in [5.41, 5.74) is 0.981. The van der Waals surface area contributed by atoms with Crippen molar-refractivity contribution in [2.45, 2.75) is 109 Å². The van der Waals surface area contributed by atoms with E-state index >= 15 is 0 Å². The Morgan fingerprint density at radius 2 is 1.14 bits per heavy atom. The molecule has 136 valence electrons. The average Bonchev–Trinajstić information content (AvgIpc) is 1.96. The van der Waals surface area contributed by atoms with E-state index < -0.39 is 0 Å². The summed E-state index contributed by atoms with van der Waals surface area (Å²) in [6.07, 6.45) is 2.49. The Balaban J connectivity index is -0.000000213. The Labute approximate surface area is 143 Å². The van der Waals surface area contributed by atoms with E-state index in [2.05, 4.69) is 54.6 Å². The van der Waals surface area contributed by atoms with Crippen LogP contribution in [0.3, 0.4) is 0 Å². The predicted molar refractivity (Wildman–Crippen MR) is 113 cm³/mol. The molecule has 0 aromatic heterocycles. The van der Waals surface area contributed by atoms with E-state index in [1.807, 2.05) is 0 Å². The van der Waals surface area contributed by atoms with Crippen LogP contribution in [0.4, 0.5) is 0 Å². The second-order valence-corrected chi connectivity index (χ2v) is 9.99. The molecule has 0 aliphatic heterocycles. The van der Waals surface area contributed by atoms with Crippen LogP contribution >= 0.6 is 0 Å². The molecule has 0 saturated heterocycles. The van der Waals surface area contributed by atoms with Crippen LogP contribution in [0.5, 0.6) is 0 Å². The third-order valence-corrected chi connectivity index (χ3v) is 6.25. The van der Waals surface area contributed by atoms with Gasteiger partial charge in [0.2, 0.25) is 0 Å². The highest BCUT2D eigenvalue weighted by Gasteiger charge is 2.33. The number of hydrogen-bond acceptors (Lipinski definition) is 1.